The average molecular weight is 519 g/mol. The Kier molecular flexibility index (Phi) is 10.6. The number of anilines is 1. The van der Waals surface area contributed by atoms with Crippen molar-refractivity contribution in [1.82, 2.24) is 15.1 Å². The van der Waals surface area contributed by atoms with Crippen LogP contribution in [0.3, 0.4) is 0 Å². The number of amides is 4. The fourth-order valence-corrected chi connectivity index (χ4v) is 4.75. The van der Waals surface area contributed by atoms with Crippen LogP contribution in [0.25, 0.3) is 0 Å². The maximum Gasteiger partial charge on any atom is 0.319 e. The third-order valence-electron chi connectivity index (χ3n) is 7.09. The highest BCUT2D eigenvalue weighted by Crippen LogP contribution is 2.27. The summed E-state index contributed by atoms with van der Waals surface area (Å²) >= 11 is 0. The van der Waals surface area contributed by atoms with Crippen LogP contribution < -0.4 is 15.4 Å². The van der Waals surface area contributed by atoms with Crippen LogP contribution in [0.5, 0.6) is 5.75 Å². The van der Waals surface area contributed by atoms with Gasteiger partial charge in [0.25, 0.3) is 5.91 Å². The first kappa shape index (κ1) is 28.7. The van der Waals surface area contributed by atoms with E-state index in [0.717, 1.165) is 6.42 Å². The summed E-state index contributed by atoms with van der Waals surface area (Å²) in [5, 5.41) is 5.54. The highest BCUT2D eigenvalue weighted by molar-refractivity contribution is 5.99. The quantitative estimate of drug-likeness (QED) is 0.620. The van der Waals surface area contributed by atoms with Crippen molar-refractivity contribution in [2.75, 3.05) is 58.9 Å². The lowest BCUT2D eigenvalue weighted by atomic mass is 9.95. The maximum atomic E-state index is 13.6. The molecule has 0 bridgehead atoms. The van der Waals surface area contributed by atoms with Gasteiger partial charge in [0.15, 0.2) is 0 Å². The van der Waals surface area contributed by atoms with E-state index in [1.54, 1.807) is 37.3 Å². The smallest absolute Gasteiger partial charge is 0.319 e. The zero-order valence-electron chi connectivity index (χ0n) is 22.7. The lowest BCUT2D eigenvalue weighted by molar-refractivity contribution is -0.142. The molecular weight excluding hydrogens is 476 g/mol. The third kappa shape index (κ3) is 7.58. The monoisotopic (exact) mass is 518 g/mol. The zero-order valence-corrected chi connectivity index (χ0v) is 22.7. The molecule has 2 heterocycles. The number of benzene rings is 1. The summed E-state index contributed by atoms with van der Waals surface area (Å²) in [5.41, 5.74) is 0.833. The Labute approximate surface area is 220 Å². The maximum absolute atomic E-state index is 13.6. The summed E-state index contributed by atoms with van der Waals surface area (Å²) in [5.74, 6) is 0.205. The van der Waals surface area contributed by atoms with E-state index in [9.17, 15) is 14.4 Å². The lowest BCUT2D eigenvalue weighted by Gasteiger charge is -2.38. The second-order valence-electron chi connectivity index (χ2n) is 10.1. The summed E-state index contributed by atoms with van der Waals surface area (Å²) < 4.78 is 17.4. The predicted molar refractivity (Wildman–Crippen MR) is 141 cm³/mol. The van der Waals surface area contributed by atoms with Gasteiger partial charge in [0.1, 0.15) is 12.4 Å². The van der Waals surface area contributed by atoms with Crippen molar-refractivity contribution in [1.29, 1.82) is 0 Å². The van der Waals surface area contributed by atoms with Crippen molar-refractivity contribution in [2.24, 2.45) is 11.8 Å². The molecule has 10 nitrogen and oxygen atoms in total. The van der Waals surface area contributed by atoms with Gasteiger partial charge in [0, 0.05) is 64.5 Å². The number of nitrogens with one attached hydrogen (secondary N) is 2. The van der Waals surface area contributed by atoms with Crippen molar-refractivity contribution >= 4 is 23.5 Å². The molecule has 0 radical (unpaired) electrons. The van der Waals surface area contributed by atoms with Gasteiger partial charge in [-0.25, -0.2) is 4.79 Å². The first-order valence-corrected chi connectivity index (χ1v) is 13.2. The van der Waals surface area contributed by atoms with Crippen LogP contribution in [0.4, 0.5) is 10.5 Å². The van der Waals surface area contributed by atoms with E-state index in [1.165, 1.54) is 0 Å². The summed E-state index contributed by atoms with van der Waals surface area (Å²) in [6, 6.07) is 4.48. The molecular formula is C27H42N4O6. The number of ether oxygens (including phenoxy) is 3. The fraction of sp³-hybridized carbons (Fsp3) is 0.667. The minimum atomic E-state index is -0.333. The number of carbonyl (C=O) groups excluding carboxylic acids is 3. The first-order chi connectivity index (χ1) is 17.7. The second-order valence-corrected chi connectivity index (χ2v) is 10.1. The number of likely N-dealkylation sites (N-methyl/N-ethyl adjacent to an activating group) is 1. The molecule has 2 aliphatic heterocycles. The van der Waals surface area contributed by atoms with Crippen molar-refractivity contribution in [3.8, 4) is 5.75 Å². The summed E-state index contributed by atoms with van der Waals surface area (Å²) in [4.78, 5) is 42.7. The number of carbonyl (C=O) groups is 3. The van der Waals surface area contributed by atoms with Gasteiger partial charge in [-0.3, -0.25) is 9.59 Å². The number of nitrogens with zero attached hydrogens (tertiary/aromatic N) is 2. The van der Waals surface area contributed by atoms with E-state index in [0.29, 0.717) is 62.7 Å². The van der Waals surface area contributed by atoms with Crippen LogP contribution in [-0.2, 0) is 14.3 Å². The number of hydrogen-bond acceptors (Lipinski definition) is 6. The molecule has 10 heteroatoms. The zero-order chi connectivity index (χ0) is 26.9. The van der Waals surface area contributed by atoms with Gasteiger partial charge in [-0.15, -0.1) is 0 Å². The molecule has 0 unspecified atom stereocenters. The Morgan fingerprint density at radius 2 is 1.89 bits per heavy atom. The van der Waals surface area contributed by atoms with Gasteiger partial charge in [-0.05, 0) is 44.4 Å². The molecule has 0 aliphatic carbocycles. The highest BCUT2D eigenvalue weighted by Gasteiger charge is 2.33. The van der Waals surface area contributed by atoms with E-state index >= 15 is 0 Å². The molecule has 2 aliphatic rings. The van der Waals surface area contributed by atoms with E-state index in [2.05, 4.69) is 10.6 Å². The molecule has 1 saturated heterocycles. The number of urea groups is 1. The fourth-order valence-electron chi connectivity index (χ4n) is 4.75. The average Bonchev–Trinajstić information content (AvgIpc) is 2.91. The minimum Gasteiger partial charge on any atom is -0.491 e. The molecule has 1 aromatic rings. The molecule has 4 amide bonds. The van der Waals surface area contributed by atoms with E-state index in [-0.39, 0.29) is 48.4 Å². The molecule has 37 heavy (non-hydrogen) atoms. The Morgan fingerprint density at radius 1 is 1.16 bits per heavy atom. The molecule has 206 valence electrons. The SMILES string of the molecule is CCCNC(=O)Nc1ccc2c(c1)C(=O)N(C)C[C@H](OC)[C@@H](C)CN(C(=O)C1CCOCC1)[C@@H](C)CO2. The molecule has 0 aromatic heterocycles. The van der Waals surface area contributed by atoms with Crippen LogP contribution in [0.15, 0.2) is 18.2 Å². The lowest BCUT2D eigenvalue weighted by Crippen LogP contribution is -2.50. The van der Waals surface area contributed by atoms with Gasteiger partial charge in [-0.1, -0.05) is 13.8 Å². The van der Waals surface area contributed by atoms with Crippen molar-refractivity contribution < 1.29 is 28.6 Å². The number of fused-ring (bicyclic) bond motifs is 1. The Balaban J connectivity index is 1.90. The van der Waals surface area contributed by atoms with Crippen LogP contribution in [0, 0.1) is 11.8 Å². The molecule has 2 N–H and O–H groups in total. The largest absolute Gasteiger partial charge is 0.491 e. The van der Waals surface area contributed by atoms with Crippen LogP contribution in [0.1, 0.15) is 50.4 Å². The predicted octanol–water partition coefficient (Wildman–Crippen LogP) is 2.98. The topological polar surface area (TPSA) is 109 Å². The Hall–Kier alpha value is -2.85. The minimum absolute atomic E-state index is 0.0133. The van der Waals surface area contributed by atoms with E-state index in [1.807, 2.05) is 25.7 Å². The summed E-state index contributed by atoms with van der Waals surface area (Å²) in [6.07, 6.45) is 1.98. The second kappa shape index (κ2) is 13.6. The van der Waals surface area contributed by atoms with Crippen LogP contribution in [-0.4, -0.2) is 93.4 Å². The number of rotatable bonds is 5. The highest BCUT2D eigenvalue weighted by atomic mass is 16.5. The number of methoxy groups -OCH3 is 1. The van der Waals surface area contributed by atoms with Gasteiger partial charge in [-0.2, -0.15) is 0 Å². The molecule has 1 fully saturated rings. The summed E-state index contributed by atoms with van der Waals surface area (Å²) in [6.45, 7) is 8.81. The molecule has 3 atom stereocenters. The number of hydrogen-bond donors (Lipinski definition) is 2. The van der Waals surface area contributed by atoms with Crippen LogP contribution in [0.2, 0.25) is 0 Å². The first-order valence-electron chi connectivity index (χ1n) is 13.2. The van der Waals surface area contributed by atoms with Crippen molar-refractivity contribution in [3.63, 3.8) is 0 Å². The molecule has 0 spiro atoms. The summed E-state index contributed by atoms with van der Waals surface area (Å²) in [7, 11) is 3.35. The Morgan fingerprint density at radius 3 is 2.57 bits per heavy atom. The van der Waals surface area contributed by atoms with Crippen LogP contribution >= 0.6 is 0 Å². The van der Waals surface area contributed by atoms with Gasteiger partial charge >= 0.3 is 6.03 Å². The molecule has 3 rings (SSSR count). The third-order valence-corrected chi connectivity index (χ3v) is 7.09. The molecule has 0 saturated carbocycles. The van der Waals surface area contributed by atoms with Gasteiger partial charge in [0.2, 0.25) is 5.91 Å². The normalized spacial score (nSPS) is 23.8. The molecule has 1 aromatic carbocycles. The van der Waals surface area contributed by atoms with E-state index in [4.69, 9.17) is 14.2 Å². The standard InChI is InChI=1S/C27H42N4O6/c1-6-11-28-27(34)29-21-7-8-23-22(14-21)26(33)30(4)16-24(35-5)18(2)15-31(19(3)17-37-23)25(32)20-9-12-36-13-10-20/h7-8,14,18-20,24H,6,9-13,15-17H2,1-5H3,(H2,28,29,34)/t18-,19-,24-/m0/s1. The van der Waals surface area contributed by atoms with Crippen molar-refractivity contribution in [3.05, 3.63) is 23.8 Å². The van der Waals surface area contributed by atoms with Gasteiger partial charge < -0.3 is 34.6 Å². The van der Waals surface area contributed by atoms with E-state index < -0.39 is 0 Å². The Bertz CT molecular complexity index is 935. The van der Waals surface area contributed by atoms with Crippen molar-refractivity contribution in [2.45, 2.75) is 52.2 Å². The van der Waals surface area contributed by atoms with Gasteiger partial charge in [0.05, 0.1) is 17.7 Å².